The first-order valence-corrected chi connectivity index (χ1v) is 6.69. The third-order valence-electron chi connectivity index (χ3n) is 3.23. The number of ether oxygens (including phenoxy) is 2. The Morgan fingerprint density at radius 1 is 1.00 bits per heavy atom. The van der Waals surface area contributed by atoms with E-state index in [1.165, 1.54) is 0 Å². The lowest BCUT2D eigenvalue weighted by Crippen LogP contribution is -2.30. The molecule has 0 aromatic heterocycles. The monoisotopic (exact) mass is 266 g/mol. The lowest BCUT2D eigenvalue weighted by Gasteiger charge is -2.28. The highest BCUT2D eigenvalue weighted by molar-refractivity contribution is 5.87. The first-order valence-electron chi connectivity index (χ1n) is 6.69. The number of carbonyl (C=O) groups is 2. The van der Waals surface area contributed by atoms with E-state index in [1.807, 2.05) is 6.92 Å². The van der Waals surface area contributed by atoms with Crippen LogP contribution >= 0.6 is 0 Å². The minimum atomic E-state index is -0.347. The Labute approximate surface area is 114 Å². The van der Waals surface area contributed by atoms with Crippen molar-refractivity contribution in [2.45, 2.75) is 58.2 Å². The number of hydrogen-bond donors (Lipinski definition) is 0. The van der Waals surface area contributed by atoms with Crippen molar-refractivity contribution < 1.29 is 19.1 Å². The molecule has 1 aliphatic rings. The maximum atomic E-state index is 11.6. The second-order valence-electron chi connectivity index (χ2n) is 4.95. The molecular weight excluding hydrogens is 244 g/mol. The molecule has 1 rings (SSSR count). The van der Waals surface area contributed by atoms with Crippen molar-refractivity contribution in [3.05, 3.63) is 24.3 Å². The van der Waals surface area contributed by atoms with E-state index in [1.54, 1.807) is 6.92 Å². The zero-order chi connectivity index (χ0) is 14.4. The van der Waals surface area contributed by atoms with Crippen molar-refractivity contribution in [2.24, 2.45) is 0 Å². The number of carbonyl (C=O) groups excluding carboxylic acids is 2. The largest absolute Gasteiger partial charge is 0.459 e. The van der Waals surface area contributed by atoms with Crippen LogP contribution in [0.2, 0.25) is 0 Å². The van der Waals surface area contributed by atoms with E-state index < -0.39 is 0 Å². The summed E-state index contributed by atoms with van der Waals surface area (Å²) in [7, 11) is 0. The van der Waals surface area contributed by atoms with Gasteiger partial charge in [-0.15, -0.1) is 0 Å². The van der Waals surface area contributed by atoms with Gasteiger partial charge in [0.15, 0.2) is 0 Å². The van der Waals surface area contributed by atoms with E-state index in [0.717, 1.165) is 25.7 Å². The average Bonchev–Trinajstić information content (AvgIpc) is 2.39. The van der Waals surface area contributed by atoms with Gasteiger partial charge < -0.3 is 9.47 Å². The van der Waals surface area contributed by atoms with Gasteiger partial charge in [-0.05, 0) is 39.0 Å². The molecule has 1 aliphatic carbocycles. The van der Waals surface area contributed by atoms with Crippen molar-refractivity contribution in [2.75, 3.05) is 0 Å². The highest BCUT2D eigenvalue weighted by Crippen LogP contribution is 2.24. The zero-order valence-electron chi connectivity index (χ0n) is 11.7. The Hall–Kier alpha value is -1.58. The third kappa shape index (κ3) is 4.89. The van der Waals surface area contributed by atoms with E-state index in [4.69, 9.17) is 9.47 Å². The predicted molar refractivity (Wildman–Crippen MR) is 72.5 cm³/mol. The summed E-state index contributed by atoms with van der Waals surface area (Å²) < 4.78 is 10.6. The molecule has 0 amide bonds. The SMILES string of the molecule is C=C(C)C(=O)OC1CCC(OC(=O)C(=C)CC)CC1. The van der Waals surface area contributed by atoms with Crippen LogP contribution < -0.4 is 0 Å². The van der Waals surface area contributed by atoms with Gasteiger partial charge in [0.25, 0.3) is 0 Å². The lowest BCUT2D eigenvalue weighted by atomic mass is 9.95. The molecule has 0 saturated heterocycles. The van der Waals surface area contributed by atoms with Crippen LogP contribution in [0.1, 0.15) is 46.0 Å². The lowest BCUT2D eigenvalue weighted by molar-refractivity contribution is -0.153. The molecule has 19 heavy (non-hydrogen) atoms. The Morgan fingerprint density at radius 2 is 1.42 bits per heavy atom. The summed E-state index contributed by atoms with van der Waals surface area (Å²) >= 11 is 0. The third-order valence-corrected chi connectivity index (χ3v) is 3.23. The van der Waals surface area contributed by atoms with Gasteiger partial charge >= 0.3 is 11.9 Å². The van der Waals surface area contributed by atoms with Crippen molar-refractivity contribution >= 4 is 11.9 Å². The van der Waals surface area contributed by atoms with Crippen LogP contribution in [0.15, 0.2) is 24.3 Å². The molecule has 0 heterocycles. The quantitative estimate of drug-likeness (QED) is 0.567. The van der Waals surface area contributed by atoms with E-state index in [9.17, 15) is 9.59 Å². The van der Waals surface area contributed by atoms with Crippen molar-refractivity contribution in [3.63, 3.8) is 0 Å². The van der Waals surface area contributed by atoms with E-state index in [0.29, 0.717) is 17.6 Å². The van der Waals surface area contributed by atoms with Crippen LogP contribution in [0.3, 0.4) is 0 Å². The molecule has 106 valence electrons. The normalized spacial score (nSPS) is 22.4. The van der Waals surface area contributed by atoms with Crippen LogP contribution in [-0.4, -0.2) is 24.1 Å². The van der Waals surface area contributed by atoms with Crippen LogP contribution in [-0.2, 0) is 19.1 Å². The van der Waals surface area contributed by atoms with Crippen molar-refractivity contribution in [3.8, 4) is 0 Å². The summed E-state index contributed by atoms with van der Waals surface area (Å²) in [5.74, 6) is -0.662. The molecule has 0 aliphatic heterocycles. The first kappa shape index (κ1) is 15.5. The van der Waals surface area contributed by atoms with E-state index in [-0.39, 0.29) is 24.1 Å². The molecule has 4 heteroatoms. The smallest absolute Gasteiger partial charge is 0.333 e. The molecule has 0 unspecified atom stereocenters. The Morgan fingerprint density at radius 3 is 1.79 bits per heavy atom. The molecule has 0 spiro atoms. The zero-order valence-corrected chi connectivity index (χ0v) is 11.7. The maximum Gasteiger partial charge on any atom is 0.333 e. The molecule has 0 aromatic rings. The Kier molecular flexibility index (Phi) is 5.80. The second kappa shape index (κ2) is 7.12. The van der Waals surface area contributed by atoms with Crippen LogP contribution in [0.25, 0.3) is 0 Å². The number of rotatable bonds is 5. The number of hydrogen-bond acceptors (Lipinski definition) is 4. The summed E-state index contributed by atoms with van der Waals surface area (Å²) in [4.78, 5) is 23.0. The Balaban J connectivity index is 2.33. The molecule has 0 aromatic carbocycles. The second-order valence-corrected chi connectivity index (χ2v) is 4.95. The van der Waals surface area contributed by atoms with Gasteiger partial charge in [-0.1, -0.05) is 20.1 Å². The summed E-state index contributed by atoms with van der Waals surface area (Å²) in [6.07, 6.45) is 3.30. The van der Waals surface area contributed by atoms with Gasteiger partial charge in [0.2, 0.25) is 0 Å². The van der Waals surface area contributed by atoms with Gasteiger partial charge in [-0.3, -0.25) is 0 Å². The molecular formula is C15H22O4. The summed E-state index contributed by atoms with van der Waals surface area (Å²) in [5, 5.41) is 0. The molecule has 1 saturated carbocycles. The average molecular weight is 266 g/mol. The fourth-order valence-corrected chi connectivity index (χ4v) is 1.90. The summed E-state index contributed by atoms with van der Waals surface area (Å²) in [6.45, 7) is 10.7. The molecule has 0 atom stereocenters. The molecule has 0 N–H and O–H groups in total. The van der Waals surface area contributed by atoms with Crippen LogP contribution in [0, 0.1) is 0 Å². The highest BCUT2D eigenvalue weighted by Gasteiger charge is 2.26. The van der Waals surface area contributed by atoms with Gasteiger partial charge in [-0.2, -0.15) is 0 Å². The molecule has 1 fully saturated rings. The standard InChI is InChI=1S/C15H22O4/c1-5-11(4)15(17)19-13-8-6-12(7-9-13)18-14(16)10(2)3/h12-13H,2,4-9H2,1,3H3. The van der Waals surface area contributed by atoms with Crippen LogP contribution in [0.5, 0.6) is 0 Å². The first-order chi connectivity index (χ1) is 8.93. The summed E-state index contributed by atoms with van der Waals surface area (Å²) in [5.41, 5.74) is 0.906. The minimum absolute atomic E-state index is 0.0874. The molecule has 0 radical (unpaired) electrons. The molecule has 4 nitrogen and oxygen atoms in total. The fraction of sp³-hybridized carbons (Fsp3) is 0.600. The predicted octanol–water partition coefficient (Wildman–Crippen LogP) is 2.93. The highest BCUT2D eigenvalue weighted by atomic mass is 16.6. The van der Waals surface area contributed by atoms with Gasteiger partial charge in [-0.25, -0.2) is 9.59 Å². The molecule has 0 bridgehead atoms. The van der Waals surface area contributed by atoms with E-state index in [2.05, 4.69) is 13.2 Å². The summed E-state index contributed by atoms with van der Waals surface area (Å²) in [6, 6.07) is 0. The van der Waals surface area contributed by atoms with Crippen molar-refractivity contribution in [1.82, 2.24) is 0 Å². The van der Waals surface area contributed by atoms with Gasteiger partial charge in [0.1, 0.15) is 12.2 Å². The topological polar surface area (TPSA) is 52.6 Å². The van der Waals surface area contributed by atoms with Crippen molar-refractivity contribution in [1.29, 1.82) is 0 Å². The fourth-order valence-electron chi connectivity index (χ4n) is 1.90. The van der Waals surface area contributed by atoms with E-state index >= 15 is 0 Å². The van der Waals surface area contributed by atoms with Crippen LogP contribution in [0.4, 0.5) is 0 Å². The Bertz CT molecular complexity index is 376. The minimum Gasteiger partial charge on any atom is -0.459 e. The van der Waals surface area contributed by atoms with Gasteiger partial charge in [0, 0.05) is 11.1 Å². The maximum absolute atomic E-state index is 11.6. The number of esters is 2. The van der Waals surface area contributed by atoms with Gasteiger partial charge in [0.05, 0.1) is 0 Å².